The highest BCUT2D eigenvalue weighted by Gasteiger charge is 2.29. The number of hydrogen-bond donors (Lipinski definition) is 1. The molecule has 1 heterocycles. The summed E-state index contributed by atoms with van der Waals surface area (Å²) in [6, 6.07) is 0. The van der Waals surface area contributed by atoms with Gasteiger partial charge in [0, 0.05) is 26.1 Å². The van der Waals surface area contributed by atoms with Crippen LogP contribution in [0.2, 0.25) is 0 Å². The van der Waals surface area contributed by atoms with Crippen molar-refractivity contribution in [1.82, 2.24) is 9.80 Å². The van der Waals surface area contributed by atoms with Gasteiger partial charge in [0.1, 0.15) is 6.10 Å². The van der Waals surface area contributed by atoms with Gasteiger partial charge >= 0.3 is 5.97 Å². The topological polar surface area (TPSA) is 70.1 Å². The van der Waals surface area contributed by atoms with E-state index in [2.05, 4.69) is 0 Å². The van der Waals surface area contributed by atoms with Crippen LogP contribution in [0.1, 0.15) is 12.8 Å². The standard InChI is InChI=1S/C11H20N2O4/c1-12(2)5-6-13-7-8-17-9(11(13)16)3-4-10(14)15/h9H,3-8H2,1-2H3,(H,14,15). The number of amides is 1. The Bertz CT molecular complexity index is 281. The molecule has 98 valence electrons. The molecule has 6 heteroatoms. The van der Waals surface area contributed by atoms with Crippen LogP contribution in [0.15, 0.2) is 0 Å². The zero-order valence-electron chi connectivity index (χ0n) is 10.4. The normalized spacial score (nSPS) is 21.0. The highest BCUT2D eigenvalue weighted by Crippen LogP contribution is 2.12. The van der Waals surface area contributed by atoms with Crippen molar-refractivity contribution in [3.63, 3.8) is 0 Å². The summed E-state index contributed by atoms with van der Waals surface area (Å²) < 4.78 is 5.31. The number of morpholine rings is 1. The molecule has 0 aromatic carbocycles. The largest absolute Gasteiger partial charge is 0.481 e. The summed E-state index contributed by atoms with van der Waals surface area (Å²) in [4.78, 5) is 26.2. The molecule has 1 amide bonds. The molecule has 1 N–H and O–H groups in total. The monoisotopic (exact) mass is 244 g/mol. The van der Waals surface area contributed by atoms with E-state index in [-0.39, 0.29) is 18.7 Å². The van der Waals surface area contributed by atoms with Crippen LogP contribution in [0.5, 0.6) is 0 Å². The van der Waals surface area contributed by atoms with Crippen LogP contribution >= 0.6 is 0 Å². The first-order valence-electron chi connectivity index (χ1n) is 5.77. The van der Waals surface area contributed by atoms with Crippen LogP contribution in [0.3, 0.4) is 0 Å². The van der Waals surface area contributed by atoms with E-state index in [0.29, 0.717) is 19.7 Å². The molecule has 1 fully saturated rings. The maximum Gasteiger partial charge on any atom is 0.303 e. The molecule has 1 rings (SSSR count). The van der Waals surface area contributed by atoms with Crippen molar-refractivity contribution < 1.29 is 19.4 Å². The SMILES string of the molecule is CN(C)CCN1CCOC(CCC(=O)O)C1=O. The summed E-state index contributed by atoms with van der Waals surface area (Å²) in [5.41, 5.74) is 0. The first-order chi connectivity index (χ1) is 8.00. The van der Waals surface area contributed by atoms with Gasteiger partial charge in [-0.05, 0) is 20.5 Å². The molecule has 0 aromatic rings. The van der Waals surface area contributed by atoms with E-state index < -0.39 is 12.1 Å². The molecule has 0 saturated carbocycles. The van der Waals surface area contributed by atoms with Crippen LogP contribution < -0.4 is 0 Å². The maximum atomic E-state index is 11.9. The maximum absolute atomic E-state index is 11.9. The molecule has 0 bridgehead atoms. The summed E-state index contributed by atoms with van der Waals surface area (Å²) in [6.07, 6.45) is -0.355. The lowest BCUT2D eigenvalue weighted by molar-refractivity contribution is -0.154. The Morgan fingerprint density at radius 1 is 1.59 bits per heavy atom. The zero-order chi connectivity index (χ0) is 12.8. The van der Waals surface area contributed by atoms with Gasteiger partial charge in [0.25, 0.3) is 5.91 Å². The summed E-state index contributed by atoms with van der Waals surface area (Å²) in [5, 5.41) is 8.59. The van der Waals surface area contributed by atoms with Crippen molar-refractivity contribution >= 4 is 11.9 Å². The molecule has 0 aliphatic carbocycles. The van der Waals surface area contributed by atoms with Gasteiger partial charge in [0.05, 0.1) is 6.61 Å². The lowest BCUT2D eigenvalue weighted by Gasteiger charge is -2.33. The van der Waals surface area contributed by atoms with Gasteiger partial charge in [-0.3, -0.25) is 9.59 Å². The Balaban J connectivity index is 2.41. The van der Waals surface area contributed by atoms with E-state index in [1.54, 1.807) is 4.90 Å². The number of carboxylic acids is 1. The predicted molar refractivity (Wildman–Crippen MR) is 61.7 cm³/mol. The number of ether oxygens (including phenoxy) is 1. The van der Waals surface area contributed by atoms with Crippen molar-refractivity contribution in [3.05, 3.63) is 0 Å². The Labute approximate surface area is 101 Å². The second kappa shape index (κ2) is 6.56. The smallest absolute Gasteiger partial charge is 0.303 e. The molecular formula is C11H20N2O4. The van der Waals surface area contributed by atoms with Crippen molar-refractivity contribution in [2.24, 2.45) is 0 Å². The third kappa shape index (κ3) is 4.70. The third-order valence-electron chi connectivity index (χ3n) is 2.70. The minimum Gasteiger partial charge on any atom is -0.481 e. The van der Waals surface area contributed by atoms with Crippen molar-refractivity contribution in [2.45, 2.75) is 18.9 Å². The highest BCUT2D eigenvalue weighted by atomic mass is 16.5. The fourth-order valence-electron chi connectivity index (χ4n) is 1.69. The number of carboxylic acid groups (broad SMARTS) is 1. The fourth-order valence-corrected chi connectivity index (χ4v) is 1.69. The summed E-state index contributed by atoms with van der Waals surface area (Å²) >= 11 is 0. The van der Waals surface area contributed by atoms with E-state index in [1.165, 1.54) is 0 Å². The number of nitrogens with zero attached hydrogens (tertiary/aromatic N) is 2. The van der Waals surface area contributed by atoms with E-state index in [0.717, 1.165) is 6.54 Å². The van der Waals surface area contributed by atoms with Crippen LogP contribution in [0, 0.1) is 0 Å². The number of aliphatic carboxylic acids is 1. The Kier molecular flexibility index (Phi) is 5.37. The molecule has 1 atom stereocenters. The summed E-state index contributed by atoms with van der Waals surface area (Å²) in [6.45, 7) is 2.55. The number of carbonyl (C=O) groups excluding carboxylic acids is 1. The quantitative estimate of drug-likeness (QED) is 0.691. The van der Waals surface area contributed by atoms with Crippen LogP contribution in [0.4, 0.5) is 0 Å². The lowest BCUT2D eigenvalue weighted by Crippen LogP contribution is -2.49. The first kappa shape index (κ1) is 13.9. The van der Waals surface area contributed by atoms with Crippen LogP contribution in [0.25, 0.3) is 0 Å². The molecule has 17 heavy (non-hydrogen) atoms. The van der Waals surface area contributed by atoms with Gasteiger partial charge in [0.2, 0.25) is 0 Å². The van der Waals surface area contributed by atoms with Crippen molar-refractivity contribution in [3.8, 4) is 0 Å². The number of likely N-dealkylation sites (N-methyl/N-ethyl adjacent to an activating group) is 1. The van der Waals surface area contributed by atoms with Gasteiger partial charge in [-0.2, -0.15) is 0 Å². The van der Waals surface area contributed by atoms with Crippen molar-refractivity contribution in [1.29, 1.82) is 0 Å². The molecule has 1 aliphatic rings. The van der Waals surface area contributed by atoms with Crippen LogP contribution in [-0.2, 0) is 14.3 Å². The molecule has 0 spiro atoms. The molecule has 1 aliphatic heterocycles. The molecule has 0 aromatic heterocycles. The minimum absolute atomic E-state index is 0.0298. The van der Waals surface area contributed by atoms with Crippen molar-refractivity contribution in [2.75, 3.05) is 40.3 Å². The van der Waals surface area contributed by atoms with Gasteiger partial charge in [-0.15, -0.1) is 0 Å². The van der Waals surface area contributed by atoms with Gasteiger partial charge in [-0.25, -0.2) is 0 Å². The second-order valence-corrected chi connectivity index (χ2v) is 4.42. The fraction of sp³-hybridized carbons (Fsp3) is 0.818. The minimum atomic E-state index is -0.896. The molecule has 6 nitrogen and oxygen atoms in total. The average Bonchev–Trinajstić information content (AvgIpc) is 2.25. The summed E-state index contributed by atoms with van der Waals surface area (Å²) in [5.74, 6) is -0.980. The number of carbonyl (C=O) groups is 2. The Morgan fingerprint density at radius 3 is 2.88 bits per heavy atom. The van der Waals surface area contributed by atoms with E-state index in [1.807, 2.05) is 19.0 Å². The van der Waals surface area contributed by atoms with E-state index >= 15 is 0 Å². The molecule has 1 unspecified atom stereocenters. The van der Waals surface area contributed by atoms with E-state index in [4.69, 9.17) is 9.84 Å². The summed E-state index contributed by atoms with van der Waals surface area (Å²) in [7, 11) is 3.90. The van der Waals surface area contributed by atoms with Gasteiger partial charge in [-0.1, -0.05) is 0 Å². The Morgan fingerprint density at radius 2 is 2.29 bits per heavy atom. The molecular weight excluding hydrogens is 224 g/mol. The number of rotatable bonds is 6. The Hall–Kier alpha value is -1.14. The highest BCUT2D eigenvalue weighted by molar-refractivity contribution is 5.82. The lowest BCUT2D eigenvalue weighted by atomic mass is 10.1. The first-order valence-corrected chi connectivity index (χ1v) is 5.77. The third-order valence-corrected chi connectivity index (χ3v) is 2.70. The van der Waals surface area contributed by atoms with E-state index in [9.17, 15) is 9.59 Å². The molecule has 0 radical (unpaired) electrons. The number of hydrogen-bond acceptors (Lipinski definition) is 4. The predicted octanol–water partition coefficient (Wildman–Crippen LogP) is -0.360. The van der Waals surface area contributed by atoms with Gasteiger partial charge in [0.15, 0.2) is 0 Å². The second-order valence-electron chi connectivity index (χ2n) is 4.42. The van der Waals surface area contributed by atoms with Crippen LogP contribution in [-0.4, -0.2) is 73.2 Å². The van der Waals surface area contributed by atoms with Gasteiger partial charge < -0.3 is 19.6 Å². The average molecular weight is 244 g/mol. The molecule has 1 saturated heterocycles. The zero-order valence-corrected chi connectivity index (χ0v) is 10.4.